The van der Waals surface area contributed by atoms with Gasteiger partial charge in [-0.3, -0.25) is 9.59 Å². The van der Waals surface area contributed by atoms with Crippen molar-refractivity contribution in [2.45, 2.75) is 117 Å². The van der Waals surface area contributed by atoms with E-state index in [4.69, 9.17) is 9.47 Å². The van der Waals surface area contributed by atoms with Gasteiger partial charge >= 0.3 is 12.1 Å². The summed E-state index contributed by atoms with van der Waals surface area (Å²) in [4.78, 5) is 56.5. The number of hydrogen-bond donors (Lipinski definition) is 3. The molecule has 0 saturated carbocycles. The largest absolute Gasteiger partial charge is 0.458 e. The van der Waals surface area contributed by atoms with Crippen molar-refractivity contribution in [3.05, 3.63) is 70.8 Å². The van der Waals surface area contributed by atoms with E-state index in [0.29, 0.717) is 12.0 Å². The number of thiol groups is 1. The topological polar surface area (TPSA) is 114 Å². The first-order valence-electron chi connectivity index (χ1n) is 15.4. The Bertz CT molecular complexity index is 1320. The van der Waals surface area contributed by atoms with Gasteiger partial charge in [-0.05, 0) is 85.4 Å². The summed E-state index contributed by atoms with van der Waals surface area (Å²) in [7, 11) is 0. The molecule has 4 atom stereocenters. The molecule has 4 unspecified atom stereocenters. The lowest BCUT2D eigenvalue weighted by molar-refractivity contribution is -0.159. The zero-order chi connectivity index (χ0) is 34.1. The minimum Gasteiger partial charge on any atom is -0.458 e. The Kier molecular flexibility index (Phi) is 13.5. The van der Waals surface area contributed by atoms with Gasteiger partial charge in [-0.25, -0.2) is 9.59 Å². The second kappa shape index (κ2) is 16.2. The molecule has 10 heteroatoms. The van der Waals surface area contributed by atoms with Crippen LogP contribution in [-0.4, -0.2) is 63.9 Å². The lowest BCUT2D eigenvalue weighted by Gasteiger charge is -2.39. The zero-order valence-corrected chi connectivity index (χ0v) is 29.3. The Hall–Kier alpha value is -3.53. The highest BCUT2D eigenvalue weighted by Crippen LogP contribution is 2.30. The highest BCUT2D eigenvalue weighted by molar-refractivity contribution is 7.80. The molecule has 2 N–H and O–H groups in total. The number of benzene rings is 2. The van der Waals surface area contributed by atoms with Crippen LogP contribution in [0.1, 0.15) is 90.1 Å². The number of hydrogen-bond acceptors (Lipinski definition) is 7. The molecule has 0 saturated heterocycles. The Morgan fingerprint density at radius 1 is 0.867 bits per heavy atom. The molecule has 45 heavy (non-hydrogen) atoms. The fraction of sp³-hybridized carbons (Fsp3) is 0.543. The lowest BCUT2D eigenvalue weighted by Crippen LogP contribution is -2.57. The van der Waals surface area contributed by atoms with Gasteiger partial charge < -0.3 is 25.0 Å². The first kappa shape index (κ1) is 37.7. The van der Waals surface area contributed by atoms with E-state index in [9.17, 15) is 19.2 Å². The van der Waals surface area contributed by atoms with E-state index in [0.717, 1.165) is 16.7 Å². The molecule has 0 fully saturated rings. The summed E-state index contributed by atoms with van der Waals surface area (Å²) in [6.45, 7) is 18.0. The summed E-state index contributed by atoms with van der Waals surface area (Å²) in [6, 6.07) is 11.4. The van der Waals surface area contributed by atoms with E-state index >= 15 is 0 Å². The smallest absolute Gasteiger partial charge is 0.408 e. The van der Waals surface area contributed by atoms with Crippen LogP contribution in [0.2, 0.25) is 0 Å². The van der Waals surface area contributed by atoms with Gasteiger partial charge in [0.15, 0.2) is 0 Å². The molecule has 0 aliphatic carbocycles. The third kappa shape index (κ3) is 11.7. The van der Waals surface area contributed by atoms with Crippen molar-refractivity contribution < 1.29 is 28.7 Å². The van der Waals surface area contributed by atoms with Crippen molar-refractivity contribution in [2.75, 3.05) is 5.75 Å². The lowest BCUT2D eigenvalue weighted by atomic mass is 9.94. The van der Waals surface area contributed by atoms with Gasteiger partial charge in [-0.1, -0.05) is 61.0 Å². The van der Waals surface area contributed by atoms with E-state index in [2.05, 4.69) is 23.3 Å². The van der Waals surface area contributed by atoms with Crippen LogP contribution in [0.15, 0.2) is 48.5 Å². The predicted octanol–water partition coefficient (Wildman–Crippen LogP) is 5.86. The number of esters is 1. The Morgan fingerprint density at radius 2 is 1.47 bits per heavy atom. The molecule has 0 radical (unpaired) electrons. The van der Waals surface area contributed by atoms with Gasteiger partial charge in [0, 0.05) is 18.2 Å². The van der Waals surface area contributed by atoms with Crippen molar-refractivity contribution in [1.82, 2.24) is 15.5 Å². The second-order valence-electron chi connectivity index (χ2n) is 13.4. The molecule has 0 bridgehead atoms. The van der Waals surface area contributed by atoms with Gasteiger partial charge in [-0.2, -0.15) is 12.6 Å². The highest BCUT2D eigenvalue weighted by atomic mass is 32.1. The van der Waals surface area contributed by atoms with Crippen LogP contribution in [0, 0.1) is 13.8 Å². The van der Waals surface area contributed by atoms with Crippen LogP contribution in [-0.2, 0) is 30.3 Å². The molecule has 248 valence electrons. The van der Waals surface area contributed by atoms with E-state index in [1.807, 2.05) is 76.2 Å². The van der Waals surface area contributed by atoms with Crippen LogP contribution < -0.4 is 10.6 Å². The maximum absolute atomic E-state index is 14.5. The van der Waals surface area contributed by atoms with Crippen molar-refractivity contribution in [2.24, 2.45) is 0 Å². The third-order valence-electron chi connectivity index (χ3n) is 7.04. The quantitative estimate of drug-likeness (QED) is 0.198. The fourth-order valence-electron chi connectivity index (χ4n) is 4.75. The van der Waals surface area contributed by atoms with Crippen LogP contribution in [0.25, 0.3) is 0 Å². The standard InChI is InChI=1S/C35H51N3O6S/c1-11-24(4)38(31(40)28(21-45)37-33(42)44-35(8,9)10)29(26-19-22(2)17-18-23(26)3)30(39)36-27(32(41)43-34(5,6)7)20-25-15-13-12-14-16-25/h12-19,24,27-29,45H,11,20-21H2,1-10H3,(H,36,39)(H,37,42). The molecule has 0 heterocycles. The van der Waals surface area contributed by atoms with Gasteiger partial charge in [0.25, 0.3) is 0 Å². The molecule has 2 aromatic carbocycles. The van der Waals surface area contributed by atoms with Gasteiger partial charge in [-0.15, -0.1) is 0 Å². The molecule has 0 aliphatic rings. The fourth-order valence-corrected chi connectivity index (χ4v) is 5.00. The number of nitrogens with one attached hydrogen (secondary N) is 2. The SMILES string of the molecule is CCC(C)N(C(=O)C(CS)NC(=O)OC(C)(C)C)C(C(=O)NC(Cc1ccccc1)C(=O)OC(C)(C)C)c1cc(C)ccc1C. The number of nitrogens with zero attached hydrogens (tertiary/aromatic N) is 1. The summed E-state index contributed by atoms with van der Waals surface area (Å²) in [6.07, 6.45) is -0.0526. The van der Waals surface area contributed by atoms with E-state index < -0.39 is 59.2 Å². The number of alkyl carbamates (subject to hydrolysis) is 1. The predicted molar refractivity (Wildman–Crippen MR) is 180 cm³/mol. The van der Waals surface area contributed by atoms with Gasteiger partial charge in [0.2, 0.25) is 11.8 Å². The Balaban J connectivity index is 2.64. The van der Waals surface area contributed by atoms with Crippen molar-refractivity contribution in [3.63, 3.8) is 0 Å². The number of carbonyl (C=O) groups excluding carboxylic acids is 4. The van der Waals surface area contributed by atoms with Gasteiger partial charge in [0.1, 0.15) is 29.3 Å². The summed E-state index contributed by atoms with van der Waals surface area (Å²) in [5.74, 6) is -1.65. The number of ether oxygens (including phenoxy) is 2. The summed E-state index contributed by atoms with van der Waals surface area (Å²) >= 11 is 4.38. The monoisotopic (exact) mass is 641 g/mol. The summed E-state index contributed by atoms with van der Waals surface area (Å²) < 4.78 is 11.1. The van der Waals surface area contributed by atoms with Crippen LogP contribution in [0.3, 0.4) is 0 Å². The molecule has 3 amide bonds. The van der Waals surface area contributed by atoms with E-state index in [1.165, 1.54) is 4.90 Å². The van der Waals surface area contributed by atoms with Crippen LogP contribution >= 0.6 is 12.6 Å². The highest BCUT2D eigenvalue weighted by Gasteiger charge is 2.40. The summed E-state index contributed by atoms with van der Waals surface area (Å²) in [5, 5.41) is 5.57. The number of carbonyl (C=O) groups is 4. The third-order valence-corrected chi connectivity index (χ3v) is 7.40. The molecule has 0 aliphatic heterocycles. The zero-order valence-electron chi connectivity index (χ0n) is 28.4. The minimum atomic E-state index is -1.13. The average Bonchev–Trinajstić information content (AvgIpc) is 2.93. The molecular formula is C35H51N3O6S. The molecule has 2 rings (SSSR count). The molecular weight excluding hydrogens is 590 g/mol. The first-order valence-corrected chi connectivity index (χ1v) is 16.1. The van der Waals surface area contributed by atoms with E-state index in [-0.39, 0.29) is 12.2 Å². The van der Waals surface area contributed by atoms with Crippen molar-refractivity contribution >= 4 is 36.5 Å². The van der Waals surface area contributed by atoms with E-state index in [1.54, 1.807) is 41.5 Å². The second-order valence-corrected chi connectivity index (χ2v) is 13.8. The molecule has 2 aromatic rings. The summed E-state index contributed by atoms with van der Waals surface area (Å²) in [5.41, 5.74) is 1.58. The van der Waals surface area contributed by atoms with Crippen LogP contribution in [0.4, 0.5) is 4.79 Å². The Labute approximate surface area is 274 Å². The number of rotatable bonds is 12. The molecule has 0 spiro atoms. The van der Waals surface area contributed by atoms with Crippen molar-refractivity contribution in [3.8, 4) is 0 Å². The normalized spacial score (nSPS) is 14.4. The minimum absolute atomic E-state index is 0.0271. The average molecular weight is 642 g/mol. The van der Waals surface area contributed by atoms with Gasteiger partial charge in [0.05, 0.1) is 0 Å². The maximum Gasteiger partial charge on any atom is 0.408 e. The maximum atomic E-state index is 14.5. The van der Waals surface area contributed by atoms with Crippen LogP contribution in [0.5, 0.6) is 0 Å². The molecule has 9 nitrogen and oxygen atoms in total. The number of amides is 3. The first-order chi connectivity index (χ1) is 20.9. The number of aryl methyl sites for hydroxylation is 2. The van der Waals surface area contributed by atoms with Crippen molar-refractivity contribution in [1.29, 1.82) is 0 Å². The Morgan fingerprint density at radius 3 is 2.00 bits per heavy atom. The molecule has 0 aromatic heterocycles.